The fourth-order valence-corrected chi connectivity index (χ4v) is 3.05. The number of methoxy groups -OCH3 is 1. The molecule has 3 rings (SSSR count). The molecule has 0 fully saturated rings. The molecule has 124 valence electrons. The summed E-state index contributed by atoms with van der Waals surface area (Å²) in [6, 6.07) is 15.6. The Kier molecular flexibility index (Phi) is 5.17. The molecule has 0 atom stereocenters. The number of para-hydroxylation sites is 2. The molecule has 3 aromatic rings. The number of ether oxygens (including phenoxy) is 1. The quantitative estimate of drug-likeness (QED) is 0.697. The summed E-state index contributed by atoms with van der Waals surface area (Å²) in [6.45, 7) is 0.562. The van der Waals surface area contributed by atoms with Crippen LogP contribution in [-0.2, 0) is 22.7 Å². The second-order valence-electron chi connectivity index (χ2n) is 5.32. The van der Waals surface area contributed by atoms with Crippen molar-refractivity contribution in [2.75, 3.05) is 18.7 Å². The molecule has 24 heavy (non-hydrogen) atoms. The van der Waals surface area contributed by atoms with Crippen LogP contribution in [-0.4, -0.2) is 28.8 Å². The maximum absolute atomic E-state index is 12.5. The van der Waals surface area contributed by atoms with Crippen molar-refractivity contribution in [1.29, 1.82) is 0 Å². The lowest BCUT2D eigenvalue weighted by molar-refractivity contribution is -0.116. The van der Waals surface area contributed by atoms with Crippen molar-refractivity contribution in [3.63, 3.8) is 0 Å². The number of thioether (sulfide) groups is 1. The number of benzene rings is 2. The summed E-state index contributed by atoms with van der Waals surface area (Å²) in [6.07, 6.45) is 2.01. The lowest BCUT2D eigenvalue weighted by Gasteiger charge is -2.10. The van der Waals surface area contributed by atoms with E-state index in [4.69, 9.17) is 4.74 Å². The summed E-state index contributed by atoms with van der Waals surface area (Å²) in [5, 5.41) is 2.95. The van der Waals surface area contributed by atoms with Gasteiger partial charge in [0, 0.05) is 17.7 Å². The number of carbonyl (C=O) groups is 1. The van der Waals surface area contributed by atoms with Gasteiger partial charge in [-0.3, -0.25) is 4.79 Å². The highest BCUT2D eigenvalue weighted by Crippen LogP contribution is 2.20. The van der Waals surface area contributed by atoms with Crippen LogP contribution in [0.3, 0.4) is 0 Å². The van der Waals surface area contributed by atoms with Crippen LogP contribution in [0.25, 0.3) is 11.0 Å². The van der Waals surface area contributed by atoms with Gasteiger partial charge in [0.25, 0.3) is 0 Å². The summed E-state index contributed by atoms with van der Waals surface area (Å²) in [7, 11) is 1.62. The molecule has 1 aromatic heterocycles. The van der Waals surface area contributed by atoms with Crippen LogP contribution in [0.1, 0.15) is 5.82 Å². The third-order valence-corrected chi connectivity index (χ3v) is 4.39. The lowest BCUT2D eigenvalue weighted by Crippen LogP contribution is -2.20. The van der Waals surface area contributed by atoms with E-state index >= 15 is 0 Å². The van der Waals surface area contributed by atoms with Crippen LogP contribution in [0.4, 0.5) is 5.69 Å². The summed E-state index contributed by atoms with van der Waals surface area (Å²) >= 11 is 1.64. The molecule has 0 radical (unpaired) electrons. The maximum atomic E-state index is 12.5. The highest BCUT2D eigenvalue weighted by Gasteiger charge is 2.13. The second-order valence-corrected chi connectivity index (χ2v) is 6.20. The third kappa shape index (κ3) is 3.60. The Labute approximate surface area is 145 Å². The average molecular weight is 341 g/mol. The van der Waals surface area contributed by atoms with Crippen molar-refractivity contribution >= 4 is 34.4 Å². The molecule has 0 bridgehead atoms. The number of hydrogen-bond acceptors (Lipinski definition) is 4. The fourth-order valence-electron chi connectivity index (χ4n) is 2.59. The molecule has 0 aliphatic carbocycles. The molecule has 1 amide bonds. The van der Waals surface area contributed by atoms with Crippen molar-refractivity contribution in [2.24, 2.45) is 0 Å². The van der Waals surface area contributed by atoms with Crippen molar-refractivity contribution in [1.82, 2.24) is 9.55 Å². The van der Waals surface area contributed by atoms with Gasteiger partial charge in [-0.25, -0.2) is 4.98 Å². The fraction of sp³-hybridized carbons (Fsp3) is 0.222. The van der Waals surface area contributed by atoms with Crippen LogP contribution in [0.5, 0.6) is 0 Å². The monoisotopic (exact) mass is 341 g/mol. The number of imidazole rings is 1. The first kappa shape index (κ1) is 16.5. The number of aromatic nitrogens is 2. The summed E-state index contributed by atoms with van der Waals surface area (Å²) in [5.41, 5.74) is 2.59. The zero-order valence-corrected chi connectivity index (χ0v) is 14.5. The Morgan fingerprint density at radius 2 is 2.08 bits per heavy atom. The van der Waals surface area contributed by atoms with E-state index in [1.807, 2.05) is 59.4 Å². The summed E-state index contributed by atoms with van der Waals surface area (Å²) < 4.78 is 7.11. The van der Waals surface area contributed by atoms with Crippen LogP contribution >= 0.6 is 11.8 Å². The van der Waals surface area contributed by atoms with Gasteiger partial charge in [-0.15, -0.1) is 11.8 Å². The van der Waals surface area contributed by atoms with Gasteiger partial charge in [-0.05, 0) is 36.6 Å². The Balaban J connectivity index is 1.83. The van der Waals surface area contributed by atoms with Crippen LogP contribution in [0, 0.1) is 0 Å². The molecule has 1 N–H and O–H groups in total. The van der Waals surface area contributed by atoms with E-state index in [1.54, 1.807) is 18.9 Å². The molecule has 5 nitrogen and oxygen atoms in total. The molecular weight excluding hydrogens is 322 g/mol. The molecular formula is C18H19N3O2S. The molecule has 0 aliphatic heterocycles. The van der Waals surface area contributed by atoms with E-state index in [9.17, 15) is 4.79 Å². The molecule has 6 heteroatoms. The Morgan fingerprint density at radius 1 is 1.25 bits per heavy atom. The molecule has 0 unspecified atom stereocenters. The standard InChI is InChI=1S/C18H19N3O2S/c1-23-12-17-20-15-8-3-4-9-16(15)21(17)11-18(22)19-13-6-5-7-14(10-13)24-2/h3-10H,11-12H2,1-2H3,(H,19,22). The molecule has 0 spiro atoms. The van der Waals surface area contributed by atoms with E-state index in [1.165, 1.54) is 0 Å². The van der Waals surface area contributed by atoms with Crippen molar-refractivity contribution in [3.05, 3.63) is 54.4 Å². The van der Waals surface area contributed by atoms with Gasteiger partial charge in [-0.2, -0.15) is 0 Å². The SMILES string of the molecule is COCc1nc2ccccc2n1CC(=O)Nc1cccc(SC)c1. The topological polar surface area (TPSA) is 56.2 Å². The minimum absolute atomic E-state index is 0.0891. The first-order valence-corrected chi connectivity index (χ1v) is 8.80. The Bertz CT molecular complexity index is 860. The first-order valence-electron chi connectivity index (χ1n) is 7.58. The first-order chi connectivity index (χ1) is 11.7. The summed E-state index contributed by atoms with van der Waals surface area (Å²) in [5.74, 6) is 0.653. The van der Waals surface area contributed by atoms with Crippen molar-refractivity contribution < 1.29 is 9.53 Å². The Hall–Kier alpha value is -2.31. The highest BCUT2D eigenvalue weighted by atomic mass is 32.2. The van der Waals surface area contributed by atoms with Gasteiger partial charge in [0.1, 0.15) is 19.0 Å². The molecule has 2 aromatic carbocycles. The number of carbonyl (C=O) groups excluding carboxylic acids is 1. The number of nitrogens with one attached hydrogen (secondary N) is 1. The summed E-state index contributed by atoms with van der Waals surface area (Å²) in [4.78, 5) is 18.1. The van der Waals surface area contributed by atoms with Gasteiger partial charge in [0.15, 0.2) is 0 Å². The number of rotatable bonds is 6. The number of nitrogens with zero attached hydrogens (tertiary/aromatic N) is 2. The Morgan fingerprint density at radius 3 is 2.88 bits per heavy atom. The number of anilines is 1. The van der Waals surface area contributed by atoms with Gasteiger partial charge in [0.2, 0.25) is 5.91 Å². The predicted molar refractivity (Wildman–Crippen MR) is 97.3 cm³/mol. The smallest absolute Gasteiger partial charge is 0.244 e. The van der Waals surface area contributed by atoms with E-state index in [0.717, 1.165) is 27.4 Å². The second kappa shape index (κ2) is 7.51. The van der Waals surface area contributed by atoms with E-state index < -0.39 is 0 Å². The predicted octanol–water partition coefficient (Wildman–Crippen LogP) is 3.54. The van der Waals surface area contributed by atoms with E-state index in [2.05, 4.69) is 10.3 Å². The maximum Gasteiger partial charge on any atom is 0.244 e. The van der Waals surface area contributed by atoms with Gasteiger partial charge < -0.3 is 14.6 Å². The van der Waals surface area contributed by atoms with Crippen LogP contribution in [0.15, 0.2) is 53.4 Å². The lowest BCUT2D eigenvalue weighted by atomic mass is 10.3. The molecule has 1 heterocycles. The van der Waals surface area contributed by atoms with Crippen molar-refractivity contribution in [3.8, 4) is 0 Å². The van der Waals surface area contributed by atoms with Crippen molar-refractivity contribution in [2.45, 2.75) is 18.0 Å². The molecule has 0 saturated heterocycles. The van der Waals surface area contributed by atoms with E-state index in [0.29, 0.717) is 6.61 Å². The van der Waals surface area contributed by atoms with E-state index in [-0.39, 0.29) is 12.5 Å². The van der Waals surface area contributed by atoms with Gasteiger partial charge in [0.05, 0.1) is 11.0 Å². The number of amides is 1. The normalized spacial score (nSPS) is 10.9. The highest BCUT2D eigenvalue weighted by molar-refractivity contribution is 7.98. The zero-order valence-electron chi connectivity index (χ0n) is 13.7. The zero-order chi connectivity index (χ0) is 16.9. The van der Waals surface area contributed by atoms with Gasteiger partial charge in [-0.1, -0.05) is 18.2 Å². The molecule has 0 aliphatic rings. The largest absolute Gasteiger partial charge is 0.377 e. The minimum atomic E-state index is -0.0891. The number of fused-ring (bicyclic) bond motifs is 1. The van der Waals surface area contributed by atoms with Crippen LogP contribution in [0.2, 0.25) is 0 Å². The molecule has 0 saturated carbocycles. The third-order valence-electron chi connectivity index (χ3n) is 3.66. The minimum Gasteiger partial charge on any atom is -0.377 e. The number of hydrogen-bond donors (Lipinski definition) is 1. The van der Waals surface area contributed by atoms with Gasteiger partial charge >= 0.3 is 0 Å². The average Bonchev–Trinajstić information content (AvgIpc) is 2.93. The van der Waals surface area contributed by atoms with Crippen LogP contribution < -0.4 is 5.32 Å².